The zero-order valence-electron chi connectivity index (χ0n) is 11.1. The molecule has 106 valence electrons. The largest absolute Gasteiger partial charge is 0.504 e. The lowest BCUT2D eigenvalue weighted by atomic mass is 10.1. The quantitative estimate of drug-likeness (QED) is 0.750. The second-order valence-corrected chi connectivity index (χ2v) is 4.12. The lowest BCUT2D eigenvalue weighted by Crippen LogP contribution is -2.14. The van der Waals surface area contributed by atoms with Gasteiger partial charge in [-0.3, -0.25) is 4.79 Å². The molecule has 1 amide bonds. The second kappa shape index (κ2) is 5.84. The number of nitrogens with one attached hydrogen (secondary N) is 1. The minimum atomic E-state index is -0.663. The highest BCUT2D eigenvalue weighted by atomic mass is 16.5. The molecule has 3 N–H and O–H groups in total. The number of methoxy groups -OCH3 is 1. The molecule has 0 radical (unpaired) electrons. The van der Waals surface area contributed by atoms with E-state index in [2.05, 4.69) is 5.32 Å². The summed E-state index contributed by atoms with van der Waals surface area (Å²) in [5, 5.41) is 30.7. The van der Waals surface area contributed by atoms with Crippen LogP contribution in [0.25, 0.3) is 0 Å². The molecule has 0 aliphatic heterocycles. The Morgan fingerprint density at radius 2 is 1.95 bits per heavy atom. The van der Waals surface area contributed by atoms with Crippen molar-refractivity contribution in [1.29, 1.82) is 5.26 Å². The summed E-state index contributed by atoms with van der Waals surface area (Å²) in [7, 11) is 1.41. The Kier molecular flexibility index (Phi) is 3.95. The van der Waals surface area contributed by atoms with Crippen molar-refractivity contribution in [1.82, 2.24) is 0 Å². The maximum Gasteiger partial charge on any atom is 0.259 e. The molecular weight excluding hydrogens is 272 g/mol. The summed E-state index contributed by atoms with van der Waals surface area (Å²) in [4.78, 5) is 12.2. The number of hydrogen-bond donors (Lipinski definition) is 3. The number of amides is 1. The van der Waals surface area contributed by atoms with Gasteiger partial charge in [0.05, 0.1) is 18.2 Å². The number of carbonyl (C=O) groups is 1. The summed E-state index contributed by atoms with van der Waals surface area (Å²) in [5.74, 6) is -1.27. The Bertz CT molecular complexity index is 735. The number of carbonyl (C=O) groups excluding carboxylic acids is 1. The molecule has 2 rings (SSSR count). The number of phenols is 2. The van der Waals surface area contributed by atoms with Crippen molar-refractivity contribution in [2.45, 2.75) is 0 Å². The van der Waals surface area contributed by atoms with Gasteiger partial charge in [0.15, 0.2) is 11.5 Å². The first-order valence-corrected chi connectivity index (χ1v) is 5.98. The van der Waals surface area contributed by atoms with E-state index in [-0.39, 0.29) is 16.8 Å². The minimum Gasteiger partial charge on any atom is -0.504 e. The van der Waals surface area contributed by atoms with E-state index in [1.54, 1.807) is 12.1 Å². The molecule has 6 nitrogen and oxygen atoms in total. The Morgan fingerprint density at radius 1 is 1.24 bits per heavy atom. The molecule has 6 heteroatoms. The van der Waals surface area contributed by atoms with Gasteiger partial charge in [-0.05, 0) is 24.3 Å². The average molecular weight is 284 g/mol. The number of nitrogens with zero attached hydrogens (tertiary/aromatic N) is 1. The molecule has 0 spiro atoms. The zero-order valence-corrected chi connectivity index (χ0v) is 11.1. The SMILES string of the molecule is COc1cccc(C#N)c1NC(=O)c1cccc(O)c1O. The van der Waals surface area contributed by atoms with Gasteiger partial charge in [0.1, 0.15) is 17.5 Å². The summed E-state index contributed by atoms with van der Waals surface area (Å²) in [5.41, 5.74) is 0.322. The van der Waals surface area contributed by atoms with Gasteiger partial charge in [-0.25, -0.2) is 0 Å². The third kappa shape index (κ3) is 2.72. The smallest absolute Gasteiger partial charge is 0.259 e. The Morgan fingerprint density at radius 3 is 2.62 bits per heavy atom. The summed E-state index contributed by atoms with van der Waals surface area (Å²) >= 11 is 0. The molecule has 21 heavy (non-hydrogen) atoms. The number of hydrogen-bond acceptors (Lipinski definition) is 5. The van der Waals surface area contributed by atoms with Crippen LogP contribution in [0.3, 0.4) is 0 Å². The molecule has 0 aromatic heterocycles. The van der Waals surface area contributed by atoms with Crippen LogP contribution in [0, 0.1) is 11.3 Å². The van der Waals surface area contributed by atoms with Crippen molar-refractivity contribution >= 4 is 11.6 Å². The van der Waals surface area contributed by atoms with Gasteiger partial charge in [0.2, 0.25) is 0 Å². The van der Waals surface area contributed by atoms with Crippen LogP contribution in [0.1, 0.15) is 15.9 Å². The number of aromatic hydroxyl groups is 2. The number of benzene rings is 2. The molecule has 0 aliphatic rings. The van der Waals surface area contributed by atoms with E-state index < -0.39 is 17.4 Å². The van der Waals surface area contributed by atoms with E-state index in [1.807, 2.05) is 6.07 Å². The summed E-state index contributed by atoms with van der Waals surface area (Å²) in [6.07, 6.45) is 0. The minimum absolute atomic E-state index is 0.107. The average Bonchev–Trinajstić information content (AvgIpc) is 2.50. The van der Waals surface area contributed by atoms with Crippen molar-refractivity contribution in [3.63, 3.8) is 0 Å². The number of anilines is 1. The first-order chi connectivity index (χ1) is 10.1. The predicted molar refractivity (Wildman–Crippen MR) is 75.4 cm³/mol. The number of para-hydroxylation sites is 2. The first-order valence-electron chi connectivity index (χ1n) is 5.98. The number of nitriles is 1. The van der Waals surface area contributed by atoms with Gasteiger partial charge < -0.3 is 20.3 Å². The van der Waals surface area contributed by atoms with Gasteiger partial charge in [-0.15, -0.1) is 0 Å². The van der Waals surface area contributed by atoms with Crippen LogP contribution in [-0.2, 0) is 0 Å². The van der Waals surface area contributed by atoms with Crippen LogP contribution in [0.2, 0.25) is 0 Å². The van der Waals surface area contributed by atoms with Crippen molar-refractivity contribution in [2.24, 2.45) is 0 Å². The highest BCUT2D eigenvalue weighted by Crippen LogP contribution is 2.31. The van der Waals surface area contributed by atoms with Crippen molar-refractivity contribution in [3.8, 4) is 23.3 Å². The van der Waals surface area contributed by atoms with Crippen molar-refractivity contribution in [2.75, 3.05) is 12.4 Å². The van der Waals surface area contributed by atoms with Crippen LogP contribution in [-0.4, -0.2) is 23.2 Å². The first kappa shape index (κ1) is 14.2. The summed E-state index contributed by atoms with van der Waals surface area (Å²) < 4.78 is 5.10. The molecule has 0 atom stereocenters. The molecular formula is C15H12N2O4. The van der Waals surface area contributed by atoms with Crippen LogP contribution in [0.15, 0.2) is 36.4 Å². The van der Waals surface area contributed by atoms with Crippen LogP contribution in [0.5, 0.6) is 17.2 Å². The molecule has 0 saturated heterocycles. The number of rotatable bonds is 3. The van der Waals surface area contributed by atoms with E-state index in [0.29, 0.717) is 5.75 Å². The van der Waals surface area contributed by atoms with Crippen molar-refractivity contribution < 1.29 is 19.7 Å². The van der Waals surface area contributed by atoms with Crippen LogP contribution >= 0.6 is 0 Å². The summed E-state index contributed by atoms with van der Waals surface area (Å²) in [6.45, 7) is 0. The van der Waals surface area contributed by atoms with Gasteiger partial charge in [-0.1, -0.05) is 12.1 Å². The lowest BCUT2D eigenvalue weighted by molar-refractivity contribution is 0.102. The lowest BCUT2D eigenvalue weighted by Gasteiger charge is -2.12. The fourth-order valence-electron chi connectivity index (χ4n) is 1.82. The monoisotopic (exact) mass is 284 g/mol. The second-order valence-electron chi connectivity index (χ2n) is 4.12. The predicted octanol–water partition coefficient (Wildman–Crippen LogP) is 2.23. The fraction of sp³-hybridized carbons (Fsp3) is 0.0667. The third-order valence-corrected chi connectivity index (χ3v) is 2.86. The molecule has 0 saturated carbocycles. The molecule has 2 aromatic rings. The molecule has 0 unspecified atom stereocenters. The molecule has 0 bridgehead atoms. The van der Waals surface area contributed by atoms with Crippen LogP contribution < -0.4 is 10.1 Å². The fourth-order valence-corrected chi connectivity index (χ4v) is 1.82. The van der Waals surface area contributed by atoms with E-state index in [1.165, 1.54) is 31.4 Å². The molecule has 0 heterocycles. The highest BCUT2D eigenvalue weighted by Gasteiger charge is 2.17. The van der Waals surface area contributed by atoms with E-state index >= 15 is 0 Å². The van der Waals surface area contributed by atoms with Gasteiger partial charge >= 0.3 is 0 Å². The maximum absolute atomic E-state index is 12.2. The molecule has 2 aromatic carbocycles. The summed E-state index contributed by atoms with van der Waals surface area (Å²) in [6, 6.07) is 10.7. The van der Waals surface area contributed by atoms with E-state index in [0.717, 1.165) is 0 Å². The standard InChI is InChI=1S/C15H12N2O4/c1-21-12-7-2-4-9(8-16)13(12)17-15(20)10-5-3-6-11(18)14(10)19/h2-7,18-19H,1H3,(H,17,20). The highest BCUT2D eigenvalue weighted by molar-refractivity contribution is 6.07. The van der Waals surface area contributed by atoms with Gasteiger partial charge in [0.25, 0.3) is 5.91 Å². The Labute approximate surface area is 120 Å². The van der Waals surface area contributed by atoms with Crippen LogP contribution in [0.4, 0.5) is 5.69 Å². The Hall–Kier alpha value is -3.20. The Balaban J connectivity index is 2.41. The van der Waals surface area contributed by atoms with Crippen molar-refractivity contribution in [3.05, 3.63) is 47.5 Å². The molecule has 0 aliphatic carbocycles. The van der Waals surface area contributed by atoms with Gasteiger partial charge in [0, 0.05) is 0 Å². The third-order valence-electron chi connectivity index (χ3n) is 2.86. The van der Waals surface area contributed by atoms with E-state index in [4.69, 9.17) is 10.00 Å². The maximum atomic E-state index is 12.2. The van der Waals surface area contributed by atoms with Gasteiger partial charge in [-0.2, -0.15) is 5.26 Å². The number of ether oxygens (including phenoxy) is 1. The number of phenolic OH excluding ortho intramolecular Hbond substituents is 2. The topological polar surface area (TPSA) is 103 Å². The molecule has 0 fully saturated rings. The zero-order chi connectivity index (χ0) is 15.4. The van der Waals surface area contributed by atoms with E-state index in [9.17, 15) is 15.0 Å². The normalized spacial score (nSPS) is 9.71.